The molecule has 3 N–H and O–H groups in total. The van der Waals surface area contributed by atoms with E-state index in [1.807, 2.05) is 0 Å². The van der Waals surface area contributed by atoms with Crippen molar-refractivity contribution >= 4 is 12.6 Å². The standard InChI is InChI=1S/C16H31NOS/c17-15(16(19)13-9-5-2-6-10-13)14(18)11-12-7-3-1-4-8-12/h12-16,18-19H,1-11,17H2. The van der Waals surface area contributed by atoms with Crippen LogP contribution in [0.5, 0.6) is 0 Å². The Hall–Kier alpha value is 0.270. The smallest absolute Gasteiger partial charge is 0.0704 e. The van der Waals surface area contributed by atoms with Gasteiger partial charge in [0.05, 0.1) is 6.10 Å². The third-order valence-corrected chi connectivity index (χ3v) is 6.04. The van der Waals surface area contributed by atoms with Crippen molar-refractivity contribution in [2.45, 2.75) is 88.0 Å². The first kappa shape index (κ1) is 15.7. The van der Waals surface area contributed by atoms with Gasteiger partial charge in [-0.3, -0.25) is 0 Å². The van der Waals surface area contributed by atoms with E-state index >= 15 is 0 Å². The Bertz CT molecular complexity index is 249. The van der Waals surface area contributed by atoms with Crippen molar-refractivity contribution in [3.05, 3.63) is 0 Å². The maximum atomic E-state index is 10.4. The lowest BCUT2D eigenvalue weighted by molar-refractivity contribution is 0.0956. The van der Waals surface area contributed by atoms with Crippen molar-refractivity contribution in [1.29, 1.82) is 0 Å². The zero-order chi connectivity index (χ0) is 13.7. The van der Waals surface area contributed by atoms with E-state index in [2.05, 4.69) is 0 Å². The Labute approximate surface area is 123 Å². The molecule has 19 heavy (non-hydrogen) atoms. The lowest BCUT2D eigenvalue weighted by Crippen LogP contribution is -2.46. The lowest BCUT2D eigenvalue weighted by Gasteiger charge is -2.34. The minimum Gasteiger partial charge on any atom is -0.391 e. The van der Waals surface area contributed by atoms with Gasteiger partial charge in [0.1, 0.15) is 0 Å². The Balaban J connectivity index is 1.77. The van der Waals surface area contributed by atoms with Crippen LogP contribution in [0.4, 0.5) is 0 Å². The number of thiol groups is 1. The van der Waals surface area contributed by atoms with Crippen LogP contribution in [0, 0.1) is 11.8 Å². The van der Waals surface area contributed by atoms with Crippen molar-refractivity contribution < 1.29 is 5.11 Å². The van der Waals surface area contributed by atoms with Crippen LogP contribution < -0.4 is 5.73 Å². The molecular weight excluding hydrogens is 254 g/mol. The summed E-state index contributed by atoms with van der Waals surface area (Å²) in [6.07, 6.45) is 13.6. The molecule has 2 aliphatic rings. The zero-order valence-corrected chi connectivity index (χ0v) is 13.0. The molecule has 3 heteroatoms. The zero-order valence-electron chi connectivity index (χ0n) is 12.1. The van der Waals surface area contributed by atoms with E-state index in [1.54, 1.807) is 0 Å². The predicted octanol–water partition coefficient (Wildman–Crippen LogP) is 3.52. The summed E-state index contributed by atoms with van der Waals surface area (Å²) in [5.41, 5.74) is 6.28. The first-order valence-corrected chi connectivity index (χ1v) is 8.82. The van der Waals surface area contributed by atoms with E-state index in [9.17, 15) is 5.11 Å². The normalized spacial score (nSPS) is 27.9. The summed E-state index contributed by atoms with van der Waals surface area (Å²) < 4.78 is 0. The molecule has 0 aromatic rings. The second-order valence-electron chi connectivity index (χ2n) is 6.77. The molecule has 3 atom stereocenters. The maximum Gasteiger partial charge on any atom is 0.0704 e. The van der Waals surface area contributed by atoms with Crippen molar-refractivity contribution in [2.75, 3.05) is 0 Å². The SMILES string of the molecule is NC(C(O)CC1CCCCC1)C(S)C1CCCCC1. The second-order valence-corrected chi connectivity index (χ2v) is 7.37. The molecular formula is C16H31NOS. The number of nitrogens with two attached hydrogens (primary N) is 1. The average Bonchev–Trinajstić information content (AvgIpc) is 2.47. The van der Waals surface area contributed by atoms with E-state index in [4.69, 9.17) is 18.4 Å². The van der Waals surface area contributed by atoms with Crippen LogP contribution in [-0.2, 0) is 0 Å². The van der Waals surface area contributed by atoms with Crippen LogP contribution in [-0.4, -0.2) is 22.5 Å². The molecule has 112 valence electrons. The Morgan fingerprint density at radius 2 is 1.47 bits per heavy atom. The highest BCUT2D eigenvalue weighted by atomic mass is 32.1. The van der Waals surface area contributed by atoms with Crippen LogP contribution in [0.25, 0.3) is 0 Å². The van der Waals surface area contributed by atoms with Gasteiger partial charge in [0.15, 0.2) is 0 Å². The van der Waals surface area contributed by atoms with Crippen LogP contribution in [0.15, 0.2) is 0 Å². The molecule has 2 nitrogen and oxygen atoms in total. The second kappa shape index (κ2) is 7.90. The van der Waals surface area contributed by atoms with E-state index in [0.29, 0.717) is 11.8 Å². The molecule has 0 aliphatic heterocycles. The van der Waals surface area contributed by atoms with Crippen molar-refractivity contribution in [3.63, 3.8) is 0 Å². The molecule has 2 aliphatic carbocycles. The molecule has 0 amide bonds. The summed E-state index contributed by atoms with van der Waals surface area (Å²) in [5.74, 6) is 1.31. The van der Waals surface area contributed by atoms with Crippen molar-refractivity contribution in [3.8, 4) is 0 Å². The van der Waals surface area contributed by atoms with Crippen LogP contribution >= 0.6 is 12.6 Å². The van der Waals surface area contributed by atoms with E-state index in [1.165, 1.54) is 64.2 Å². The molecule has 2 rings (SSSR count). The summed E-state index contributed by atoms with van der Waals surface area (Å²) >= 11 is 4.74. The molecule has 3 unspecified atom stereocenters. The van der Waals surface area contributed by atoms with Gasteiger partial charge in [-0.1, -0.05) is 51.4 Å². The number of hydrogen-bond donors (Lipinski definition) is 3. The third kappa shape index (κ3) is 4.64. The van der Waals surface area contributed by atoms with Crippen LogP contribution in [0.2, 0.25) is 0 Å². The number of aliphatic hydroxyl groups excluding tert-OH is 1. The van der Waals surface area contributed by atoms with Gasteiger partial charge in [-0.15, -0.1) is 0 Å². The number of aliphatic hydroxyl groups is 1. The van der Waals surface area contributed by atoms with Gasteiger partial charge in [0, 0.05) is 11.3 Å². The summed E-state index contributed by atoms with van der Waals surface area (Å²) in [5, 5.41) is 10.6. The monoisotopic (exact) mass is 285 g/mol. The Kier molecular flexibility index (Phi) is 6.51. The molecule has 0 aromatic heterocycles. The maximum absolute atomic E-state index is 10.4. The Morgan fingerprint density at radius 1 is 0.947 bits per heavy atom. The molecule has 0 bridgehead atoms. The van der Waals surface area contributed by atoms with Gasteiger partial charge in [-0.25, -0.2) is 0 Å². The highest BCUT2D eigenvalue weighted by Crippen LogP contribution is 2.33. The van der Waals surface area contributed by atoms with Crippen molar-refractivity contribution in [1.82, 2.24) is 0 Å². The quantitative estimate of drug-likeness (QED) is 0.677. The fourth-order valence-corrected chi connectivity index (χ4v) is 4.44. The molecule has 0 heterocycles. The van der Waals surface area contributed by atoms with Crippen molar-refractivity contribution in [2.24, 2.45) is 17.6 Å². The molecule has 0 aromatic carbocycles. The number of hydrogen-bond acceptors (Lipinski definition) is 3. The lowest BCUT2D eigenvalue weighted by atomic mass is 9.80. The van der Waals surface area contributed by atoms with E-state index < -0.39 is 0 Å². The average molecular weight is 285 g/mol. The van der Waals surface area contributed by atoms with Gasteiger partial charge in [0.25, 0.3) is 0 Å². The summed E-state index contributed by atoms with van der Waals surface area (Å²) in [6, 6.07) is -0.145. The third-order valence-electron chi connectivity index (χ3n) is 5.27. The van der Waals surface area contributed by atoms with Gasteiger partial charge in [0.2, 0.25) is 0 Å². The topological polar surface area (TPSA) is 46.2 Å². The van der Waals surface area contributed by atoms with Gasteiger partial charge < -0.3 is 10.8 Å². The fourth-order valence-electron chi connectivity index (χ4n) is 3.94. The summed E-state index contributed by atoms with van der Waals surface area (Å²) in [6.45, 7) is 0. The molecule has 0 spiro atoms. The largest absolute Gasteiger partial charge is 0.391 e. The van der Waals surface area contributed by atoms with E-state index in [0.717, 1.165) is 6.42 Å². The highest BCUT2D eigenvalue weighted by Gasteiger charge is 2.31. The molecule has 0 saturated heterocycles. The van der Waals surface area contributed by atoms with Gasteiger partial charge in [-0.05, 0) is 31.1 Å². The summed E-state index contributed by atoms with van der Waals surface area (Å²) in [7, 11) is 0. The van der Waals surface area contributed by atoms with Gasteiger partial charge >= 0.3 is 0 Å². The summed E-state index contributed by atoms with van der Waals surface area (Å²) in [4.78, 5) is 0. The predicted molar refractivity (Wildman–Crippen MR) is 84.5 cm³/mol. The fraction of sp³-hybridized carbons (Fsp3) is 1.00. The molecule has 0 radical (unpaired) electrons. The molecule has 2 saturated carbocycles. The van der Waals surface area contributed by atoms with Crippen LogP contribution in [0.3, 0.4) is 0 Å². The minimum atomic E-state index is -0.354. The minimum absolute atomic E-state index is 0.145. The highest BCUT2D eigenvalue weighted by molar-refractivity contribution is 7.81. The molecule has 2 fully saturated rings. The first-order valence-electron chi connectivity index (χ1n) is 8.30. The number of rotatable bonds is 5. The van der Waals surface area contributed by atoms with Gasteiger partial charge in [-0.2, -0.15) is 12.6 Å². The Morgan fingerprint density at radius 3 is 2.05 bits per heavy atom. The van der Waals surface area contributed by atoms with E-state index in [-0.39, 0.29) is 17.4 Å². The van der Waals surface area contributed by atoms with Crippen LogP contribution in [0.1, 0.15) is 70.6 Å². The first-order chi connectivity index (χ1) is 9.18.